The Hall–Kier alpha value is -1.88. The molecule has 0 saturated carbocycles. The Morgan fingerprint density at radius 3 is 2.48 bits per heavy atom. The highest BCUT2D eigenvalue weighted by Gasteiger charge is 2.33. The second-order valence-corrected chi connectivity index (χ2v) is 5.79. The number of hydrogen-bond donors (Lipinski definition) is 0. The van der Waals surface area contributed by atoms with Crippen molar-refractivity contribution >= 4 is 23.1 Å². The minimum absolute atomic E-state index is 0.348. The summed E-state index contributed by atoms with van der Waals surface area (Å²) in [6.45, 7) is 6.11. The van der Waals surface area contributed by atoms with E-state index in [1.165, 1.54) is 4.90 Å². The van der Waals surface area contributed by atoms with Crippen LogP contribution in [0.1, 0.15) is 24.2 Å². The van der Waals surface area contributed by atoms with E-state index in [9.17, 15) is 9.59 Å². The van der Waals surface area contributed by atoms with Crippen molar-refractivity contribution in [3.63, 3.8) is 0 Å². The van der Waals surface area contributed by atoms with Crippen molar-refractivity contribution < 1.29 is 9.59 Å². The molecule has 0 aliphatic carbocycles. The number of carbonyl (C=O) groups excluding carboxylic acids is 2. The average molecular weight is 289 g/mol. The number of fused-ring (bicyclic) bond motifs is 1. The van der Waals surface area contributed by atoms with Gasteiger partial charge in [0.1, 0.15) is 0 Å². The lowest BCUT2D eigenvalue weighted by molar-refractivity contribution is -0.114. The second-order valence-electron chi connectivity index (χ2n) is 5.79. The molecule has 1 aliphatic rings. The Morgan fingerprint density at radius 2 is 1.90 bits per heavy atom. The van der Waals surface area contributed by atoms with Gasteiger partial charge in [-0.15, -0.1) is 0 Å². The summed E-state index contributed by atoms with van der Waals surface area (Å²) in [5, 5.41) is 0. The van der Waals surface area contributed by atoms with Crippen LogP contribution < -0.4 is 9.80 Å². The first-order valence-corrected chi connectivity index (χ1v) is 7.24. The Balaban J connectivity index is 2.33. The molecule has 5 heteroatoms. The zero-order chi connectivity index (χ0) is 15.7. The molecule has 5 nitrogen and oxygen atoms in total. The molecule has 1 heterocycles. The van der Waals surface area contributed by atoms with Crippen molar-refractivity contribution in [1.29, 1.82) is 0 Å². The van der Waals surface area contributed by atoms with Gasteiger partial charge in [0.2, 0.25) is 0 Å². The molecular formula is C16H23N3O2. The number of Topliss-reactive ketones (excluding diaryl/α,β-unsaturated/α-hetero) is 1. The summed E-state index contributed by atoms with van der Waals surface area (Å²) >= 11 is 0. The number of carbonyl (C=O) groups is 2. The van der Waals surface area contributed by atoms with Crippen LogP contribution in [0.4, 0.5) is 11.4 Å². The van der Waals surface area contributed by atoms with Crippen molar-refractivity contribution in [2.45, 2.75) is 19.9 Å². The van der Waals surface area contributed by atoms with Crippen LogP contribution in [0.15, 0.2) is 18.2 Å². The SMILES string of the molecule is CCN(c1ccc2c(c1)N(C)C(=O)C2=O)C(C)CN(C)C. The first-order valence-electron chi connectivity index (χ1n) is 7.24. The van der Waals surface area contributed by atoms with E-state index in [-0.39, 0.29) is 0 Å². The molecule has 114 valence electrons. The highest BCUT2D eigenvalue weighted by Crippen LogP contribution is 2.32. The van der Waals surface area contributed by atoms with E-state index in [0.29, 0.717) is 17.3 Å². The van der Waals surface area contributed by atoms with Crippen LogP contribution in [0.3, 0.4) is 0 Å². The summed E-state index contributed by atoms with van der Waals surface area (Å²) in [5.41, 5.74) is 2.25. The number of benzene rings is 1. The summed E-state index contributed by atoms with van der Waals surface area (Å²) in [6, 6.07) is 5.98. The molecule has 1 aliphatic heterocycles. The number of nitrogens with zero attached hydrogens (tertiary/aromatic N) is 3. The maximum Gasteiger partial charge on any atom is 0.299 e. The van der Waals surface area contributed by atoms with Gasteiger partial charge in [-0.25, -0.2) is 0 Å². The number of likely N-dealkylation sites (N-methyl/N-ethyl adjacent to an activating group) is 3. The normalized spacial score (nSPS) is 15.6. The van der Waals surface area contributed by atoms with Gasteiger partial charge >= 0.3 is 0 Å². The van der Waals surface area contributed by atoms with Gasteiger partial charge in [-0.1, -0.05) is 0 Å². The third-order valence-electron chi connectivity index (χ3n) is 3.92. The van der Waals surface area contributed by atoms with E-state index >= 15 is 0 Å². The Labute approximate surface area is 126 Å². The molecule has 0 spiro atoms. The molecule has 1 aromatic rings. The van der Waals surface area contributed by atoms with Crippen LogP contribution in [-0.4, -0.2) is 56.9 Å². The maximum absolute atomic E-state index is 11.8. The van der Waals surface area contributed by atoms with Gasteiger partial charge in [-0.05, 0) is 46.1 Å². The molecule has 0 fully saturated rings. The fourth-order valence-electron chi connectivity index (χ4n) is 2.92. The van der Waals surface area contributed by atoms with Crippen LogP contribution in [0.5, 0.6) is 0 Å². The lowest BCUT2D eigenvalue weighted by Gasteiger charge is -2.32. The van der Waals surface area contributed by atoms with E-state index in [2.05, 4.69) is 37.7 Å². The van der Waals surface area contributed by atoms with Crippen LogP contribution >= 0.6 is 0 Å². The zero-order valence-electron chi connectivity index (χ0n) is 13.4. The lowest BCUT2D eigenvalue weighted by Crippen LogP contribution is -2.40. The predicted octanol–water partition coefficient (Wildman–Crippen LogP) is 1.62. The Bertz CT molecular complexity index is 569. The average Bonchev–Trinajstić information content (AvgIpc) is 2.64. The van der Waals surface area contributed by atoms with Crippen LogP contribution in [-0.2, 0) is 4.79 Å². The topological polar surface area (TPSA) is 43.9 Å². The molecule has 1 unspecified atom stereocenters. The summed E-state index contributed by atoms with van der Waals surface area (Å²) in [6.07, 6.45) is 0. The van der Waals surface area contributed by atoms with Crippen LogP contribution in [0.2, 0.25) is 0 Å². The molecule has 1 amide bonds. The van der Waals surface area contributed by atoms with Gasteiger partial charge in [0, 0.05) is 31.9 Å². The van der Waals surface area contributed by atoms with Gasteiger partial charge in [-0.3, -0.25) is 9.59 Å². The molecule has 0 aromatic heterocycles. The lowest BCUT2D eigenvalue weighted by atomic mass is 10.1. The first kappa shape index (κ1) is 15.5. The van der Waals surface area contributed by atoms with Crippen molar-refractivity contribution in [2.24, 2.45) is 0 Å². The highest BCUT2D eigenvalue weighted by molar-refractivity contribution is 6.52. The van der Waals surface area contributed by atoms with Gasteiger partial charge in [0.15, 0.2) is 0 Å². The van der Waals surface area contributed by atoms with Gasteiger partial charge < -0.3 is 14.7 Å². The van der Waals surface area contributed by atoms with E-state index in [0.717, 1.165) is 18.8 Å². The summed E-state index contributed by atoms with van der Waals surface area (Å²) in [4.78, 5) is 29.4. The van der Waals surface area contributed by atoms with E-state index in [1.807, 2.05) is 12.1 Å². The second kappa shape index (κ2) is 5.85. The van der Waals surface area contributed by atoms with E-state index < -0.39 is 11.7 Å². The number of rotatable bonds is 5. The number of amides is 1. The number of anilines is 2. The first-order chi connectivity index (χ1) is 9.86. The maximum atomic E-state index is 11.8. The standard InChI is InChI=1S/C16H23N3O2/c1-6-19(11(2)10-17(3)4)12-7-8-13-14(9-12)18(5)16(21)15(13)20/h7-9,11H,6,10H2,1-5H3. The number of ketones is 1. The molecule has 0 radical (unpaired) electrons. The smallest absolute Gasteiger partial charge is 0.299 e. The van der Waals surface area contributed by atoms with Crippen molar-refractivity contribution in [3.8, 4) is 0 Å². The Kier molecular flexibility index (Phi) is 4.32. The summed E-state index contributed by atoms with van der Waals surface area (Å²) < 4.78 is 0. The summed E-state index contributed by atoms with van der Waals surface area (Å²) in [7, 11) is 5.76. The molecule has 1 atom stereocenters. The van der Waals surface area contributed by atoms with Crippen molar-refractivity contribution in [1.82, 2.24) is 4.90 Å². The van der Waals surface area contributed by atoms with Gasteiger partial charge in [-0.2, -0.15) is 0 Å². The molecule has 1 aromatic carbocycles. The number of hydrogen-bond acceptors (Lipinski definition) is 4. The zero-order valence-corrected chi connectivity index (χ0v) is 13.4. The van der Waals surface area contributed by atoms with Crippen molar-refractivity contribution in [2.75, 3.05) is 44.0 Å². The van der Waals surface area contributed by atoms with Crippen molar-refractivity contribution in [3.05, 3.63) is 23.8 Å². The quantitative estimate of drug-likeness (QED) is 0.773. The molecule has 0 N–H and O–H groups in total. The molecule has 0 bridgehead atoms. The molecule has 0 saturated heterocycles. The van der Waals surface area contributed by atoms with Gasteiger partial charge in [0.25, 0.3) is 11.7 Å². The monoisotopic (exact) mass is 289 g/mol. The van der Waals surface area contributed by atoms with Crippen LogP contribution in [0, 0.1) is 0 Å². The van der Waals surface area contributed by atoms with E-state index in [1.54, 1.807) is 13.1 Å². The fourth-order valence-corrected chi connectivity index (χ4v) is 2.92. The Morgan fingerprint density at radius 1 is 1.24 bits per heavy atom. The largest absolute Gasteiger partial charge is 0.368 e. The molecular weight excluding hydrogens is 266 g/mol. The fraction of sp³-hybridized carbons (Fsp3) is 0.500. The van der Waals surface area contributed by atoms with Crippen LogP contribution in [0.25, 0.3) is 0 Å². The highest BCUT2D eigenvalue weighted by atomic mass is 16.2. The van der Waals surface area contributed by atoms with Gasteiger partial charge in [0.05, 0.1) is 11.3 Å². The third-order valence-corrected chi connectivity index (χ3v) is 3.92. The van der Waals surface area contributed by atoms with E-state index in [4.69, 9.17) is 0 Å². The minimum atomic E-state index is -0.452. The molecule has 21 heavy (non-hydrogen) atoms. The molecule has 2 rings (SSSR count). The summed E-state index contributed by atoms with van der Waals surface area (Å²) in [5.74, 6) is -0.866. The predicted molar refractivity (Wildman–Crippen MR) is 85.2 cm³/mol. The third kappa shape index (κ3) is 2.78. The minimum Gasteiger partial charge on any atom is -0.368 e.